The molecule has 0 fully saturated rings. The maximum Gasteiger partial charge on any atom is 0.348 e. The Morgan fingerprint density at radius 2 is 1.74 bits per heavy atom. The van der Waals surface area contributed by atoms with Crippen molar-refractivity contribution in [3.05, 3.63) is 51.0 Å². The van der Waals surface area contributed by atoms with Crippen LogP contribution < -0.4 is 25.3 Å². The summed E-state index contributed by atoms with van der Waals surface area (Å²) in [6.45, 7) is 2.31. The van der Waals surface area contributed by atoms with Crippen LogP contribution in [-0.4, -0.2) is 20.8 Å². The molecule has 27 heavy (non-hydrogen) atoms. The van der Waals surface area contributed by atoms with E-state index >= 15 is 0 Å². The average Bonchev–Trinajstić information content (AvgIpc) is 2.68. The maximum absolute atomic E-state index is 12.9. The summed E-state index contributed by atoms with van der Waals surface area (Å²) in [4.78, 5) is 25.5. The minimum Gasteiger partial charge on any atom is -0.494 e. The van der Waals surface area contributed by atoms with E-state index < -0.39 is 11.1 Å². The molecule has 138 valence electrons. The molecule has 0 saturated carbocycles. The van der Waals surface area contributed by atoms with E-state index in [1.165, 1.54) is 14.2 Å². The molecule has 0 aliphatic carbocycles. The largest absolute Gasteiger partial charge is 0.494 e. The third-order valence-corrected chi connectivity index (χ3v) is 4.32. The van der Waals surface area contributed by atoms with Crippen LogP contribution in [0.2, 0.25) is 0 Å². The minimum atomic E-state index is -0.708. The van der Waals surface area contributed by atoms with Gasteiger partial charge >= 0.3 is 5.63 Å². The van der Waals surface area contributed by atoms with Crippen molar-refractivity contribution in [2.24, 2.45) is 0 Å². The lowest BCUT2D eigenvalue weighted by Gasteiger charge is -2.11. The van der Waals surface area contributed by atoms with Crippen LogP contribution in [0.3, 0.4) is 0 Å². The fourth-order valence-electron chi connectivity index (χ4n) is 3.15. The Balaban J connectivity index is 2.17. The van der Waals surface area contributed by atoms with Gasteiger partial charge in [-0.1, -0.05) is 0 Å². The number of benzene rings is 2. The van der Waals surface area contributed by atoms with Crippen LogP contribution in [0.15, 0.2) is 48.8 Å². The van der Waals surface area contributed by atoms with Crippen molar-refractivity contribution in [2.45, 2.75) is 6.92 Å². The van der Waals surface area contributed by atoms with Gasteiger partial charge in [0.25, 0.3) is 0 Å². The van der Waals surface area contributed by atoms with Gasteiger partial charge < -0.3 is 23.0 Å². The number of ether oxygens (including phenoxy) is 3. The summed E-state index contributed by atoms with van der Waals surface area (Å²) >= 11 is 0. The molecule has 2 heterocycles. The van der Waals surface area contributed by atoms with Crippen LogP contribution in [0.4, 0.5) is 0 Å². The predicted molar refractivity (Wildman–Crippen MR) is 100 cm³/mol. The van der Waals surface area contributed by atoms with Crippen molar-refractivity contribution in [1.82, 2.24) is 0 Å². The molecule has 2 aromatic carbocycles. The summed E-state index contributed by atoms with van der Waals surface area (Å²) in [5.74, 6) is 1.13. The Bertz CT molecular complexity index is 1300. The highest BCUT2D eigenvalue weighted by molar-refractivity contribution is 6.06. The summed E-state index contributed by atoms with van der Waals surface area (Å²) in [5, 5.41) is 0.834. The zero-order chi connectivity index (χ0) is 19.1. The van der Waals surface area contributed by atoms with Gasteiger partial charge in [-0.2, -0.15) is 0 Å². The predicted octanol–water partition coefficient (Wildman–Crippen LogP) is 3.47. The molecule has 2 aromatic heterocycles. The molecule has 4 rings (SSSR count). The molecule has 0 amide bonds. The van der Waals surface area contributed by atoms with Crippen molar-refractivity contribution in [2.75, 3.05) is 20.8 Å². The Morgan fingerprint density at radius 1 is 0.926 bits per heavy atom. The molecule has 0 radical (unpaired) electrons. The Hall–Kier alpha value is -3.48. The lowest BCUT2D eigenvalue weighted by molar-refractivity contribution is 0.340. The lowest BCUT2D eigenvalue weighted by atomic mass is 10.1. The van der Waals surface area contributed by atoms with Crippen molar-refractivity contribution in [3.8, 4) is 17.2 Å². The van der Waals surface area contributed by atoms with Gasteiger partial charge in [-0.3, -0.25) is 4.79 Å². The zero-order valence-corrected chi connectivity index (χ0v) is 15.0. The summed E-state index contributed by atoms with van der Waals surface area (Å²) < 4.78 is 27.2. The minimum absolute atomic E-state index is 0.151. The third-order valence-electron chi connectivity index (χ3n) is 4.32. The first-order chi connectivity index (χ1) is 13.1. The van der Waals surface area contributed by atoms with Gasteiger partial charge in [0.15, 0.2) is 17.1 Å². The molecule has 0 aliphatic heterocycles. The van der Waals surface area contributed by atoms with Crippen molar-refractivity contribution < 1.29 is 23.0 Å². The van der Waals surface area contributed by atoms with Crippen LogP contribution in [0, 0.1) is 0 Å². The van der Waals surface area contributed by atoms with Crippen molar-refractivity contribution in [3.63, 3.8) is 0 Å². The molecular weight excluding hydrogens is 352 g/mol. The smallest absolute Gasteiger partial charge is 0.348 e. The van der Waals surface area contributed by atoms with E-state index in [0.717, 1.165) is 0 Å². The summed E-state index contributed by atoms with van der Waals surface area (Å²) in [6, 6.07) is 8.22. The van der Waals surface area contributed by atoms with Gasteiger partial charge in [0.05, 0.1) is 26.2 Å². The molecule has 7 nitrogen and oxygen atoms in total. The van der Waals surface area contributed by atoms with Crippen LogP contribution >= 0.6 is 0 Å². The van der Waals surface area contributed by atoms with Crippen LogP contribution in [0.25, 0.3) is 32.9 Å². The van der Waals surface area contributed by atoms with E-state index in [1.54, 1.807) is 30.3 Å². The Morgan fingerprint density at radius 3 is 2.44 bits per heavy atom. The summed E-state index contributed by atoms with van der Waals surface area (Å²) in [7, 11) is 2.89. The molecule has 0 saturated heterocycles. The van der Waals surface area contributed by atoms with Gasteiger partial charge in [0.2, 0.25) is 11.0 Å². The number of hydrogen-bond donors (Lipinski definition) is 0. The maximum atomic E-state index is 12.9. The first-order valence-electron chi connectivity index (χ1n) is 8.30. The highest BCUT2D eigenvalue weighted by Crippen LogP contribution is 2.36. The molecule has 0 spiro atoms. The number of methoxy groups -OCH3 is 2. The highest BCUT2D eigenvalue weighted by Gasteiger charge is 2.20. The molecule has 4 aromatic rings. The molecular formula is C20H16O7. The van der Waals surface area contributed by atoms with Gasteiger partial charge in [0.1, 0.15) is 16.7 Å². The number of fused-ring (bicyclic) bond motifs is 4. The van der Waals surface area contributed by atoms with E-state index in [0.29, 0.717) is 29.1 Å². The van der Waals surface area contributed by atoms with Crippen molar-refractivity contribution in [1.29, 1.82) is 0 Å². The second kappa shape index (κ2) is 6.35. The van der Waals surface area contributed by atoms with Crippen molar-refractivity contribution >= 4 is 32.9 Å². The first-order valence-corrected chi connectivity index (χ1v) is 8.30. The van der Waals surface area contributed by atoms with Crippen LogP contribution in [0.1, 0.15) is 6.92 Å². The lowest BCUT2D eigenvalue weighted by Crippen LogP contribution is -2.09. The zero-order valence-electron chi connectivity index (χ0n) is 15.0. The Kier molecular flexibility index (Phi) is 3.99. The summed E-state index contributed by atoms with van der Waals surface area (Å²) in [6.07, 6.45) is 0. The molecule has 0 unspecified atom stereocenters. The second-order valence-corrected chi connectivity index (χ2v) is 5.79. The average molecular weight is 368 g/mol. The summed E-state index contributed by atoms with van der Waals surface area (Å²) in [5.41, 5.74) is -0.767. The molecule has 0 N–H and O–H groups in total. The van der Waals surface area contributed by atoms with Gasteiger partial charge in [-0.05, 0) is 37.3 Å². The SMILES string of the molecule is CCOc1ccc2oc3c(oc(=O)c4c(OC)c(OC)ccc43)c(=O)c2c1. The van der Waals surface area contributed by atoms with E-state index in [1.807, 2.05) is 6.92 Å². The standard InChI is InChI=1S/C20H16O7/c1-4-25-10-5-7-13-12(9-10)16(21)19-17(26-13)11-6-8-14(23-2)18(24-3)15(11)20(22)27-19/h5-9H,4H2,1-3H3. The second-order valence-electron chi connectivity index (χ2n) is 5.79. The van der Waals surface area contributed by atoms with Gasteiger partial charge in [-0.25, -0.2) is 4.79 Å². The van der Waals surface area contributed by atoms with E-state index in [-0.39, 0.29) is 27.7 Å². The first kappa shape index (κ1) is 17.0. The number of hydrogen-bond acceptors (Lipinski definition) is 7. The van der Waals surface area contributed by atoms with Gasteiger partial charge in [0, 0.05) is 5.39 Å². The highest BCUT2D eigenvalue weighted by atomic mass is 16.5. The molecule has 0 bridgehead atoms. The van der Waals surface area contributed by atoms with Crippen LogP contribution in [-0.2, 0) is 0 Å². The fourth-order valence-corrected chi connectivity index (χ4v) is 3.15. The topological polar surface area (TPSA) is 88.1 Å². The van der Waals surface area contributed by atoms with Crippen LogP contribution in [0.5, 0.6) is 17.2 Å². The normalized spacial score (nSPS) is 11.2. The van der Waals surface area contributed by atoms with Gasteiger partial charge in [-0.15, -0.1) is 0 Å². The molecule has 0 atom stereocenters. The third kappa shape index (κ3) is 2.51. The molecule has 7 heteroatoms. The molecule has 0 aliphatic rings. The van der Waals surface area contributed by atoms with E-state index in [9.17, 15) is 9.59 Å². The van der Waals surface area contributed by atoms with E-state index in [4.69, 9.17) is 23.0 Å². The monoisotopic (exact) mass is 368 g/mol. The number of rotatable bonds is 4. The fraction of sp³-hybridized carbons (Fsp3) is 0.200. The Labute approximate surface area is 152 Å². The quantitative estimate of drug-likeness (QED) is 0.402. The van der Waals surface area contributed by atoms with E-state index in [2.05, 4.69) is 0 Å².